The molecule has 0 saturated heterocycles. The molecule has 135 valence electrons. The van der Waals surface area contributed by atoms with Gasteiger partial charge in [0.25, 0.3) is 0 Å². The van der Waals surface area contributed by atoms with E-state index in [0.717, 1.165) is 31.9 Å². The summed E-state index contributed by atoms with van der Waals surface area (Å²) in [6, 6.07) is 23.2. The maximum absolute atomic E-state index is 4.64. The van der Waals surface area contributed by atoms with Crippen LogP contribution in [0.5, 0.6) is 0 Å². The summed E-state index contributed by atoms with van der Waals surface area (Å²) in [5.74, 6) is 0. The Morgan fingerprint density at radius 1 is 0.923 bits per heavy atom. The summed E-state index contributed by atoms with van der Waals surface area (Å²) < 4.78 is 0.972. The van der Waals surface area contributed by atoms with Crippen LogP contribution in [-0.2, 0) is 15.6 Å². The molecule has 0 atom stereocenters. The molecule has 2 heterocycles. The summed E-state index contributed by atoms with van der Waals surface area (Å²) in [5, 5.41) is 2.23. The summed E-state index contributed by atoms with van der Waals surface area (Å²) in [7, 11) is 0. The second-order valence-electron chi connectivity index (χ2n) is 5.47. The third kappa shape index (κ3) is 5.20. The Hall–Kier alpha value is -2.10. The zero-order valence-corrected chi connectivity index (χ0v) is 16.6. The third-order valence-corrected chi connectivity index (χ3v) is 3.93. The fourth-order valence-electron chi connectivity index (χ4n) is 2.40. The van der Waals surface area contributed by atoms with Gasteiger partial charge in [-0.2, -0.15) is 35.9 Å². The molecule has 2 aromatic heterocycles. The van der Waals surface area contributed by atoms with Gasteiger partial charge in [0.15, 0.2) is 0 Å². The summed E-state index contributed by atoms with van der Waals surface area (Å²) >= 11 is 3.93. The van der Waals surface area contributed by atoms with Gasteiger partial charge in [-0.05, 0) is 0 Å². The second-order valence-corrected chi connectivity index (χ2v) is 6.30. The van der Waals surface area contributed by atoms with Crippen LogP contribution in [0.4, 0.5) is 0 Å². The Kier molecular flexibility index (Phi) is 8.56. The van der Waals surface area contributed by atoms with Gasteiger partial charge in [0.2, 0.25) is 0 Å². The van der Waals surface area contributed by atoms with Crippen molar-refractivity contribution >= 4 is 38.6 Å². The number of hydrogen-bond acceptors (Lipinski definition) is 3. The summed E-state index contributed by atoms with van der Waals surface area (Å²) in [4.78, 5) is 9.06. The van der Waals surface area contributed by atoms with Gasteiger partial charge in [0.1, 0.15) is 0 Å². The van der Waals surface area contributed by atoms with Gasteiger partial charge < -0.3 is 6.15 Å². The van der Waals surface area contributed by atoms with Crippen LogP contribution in [0.2, 0.25) is 0 Å². The average molecular weight is 407 g/mol. The molecule has 4 aromatic rings. The molecule has 4 rings (SSSR count). The van der Waals surface area contributed by atoms with Gasteiger partial charge >= 0.3 is 107 Å². The fraction of sp³-hybridized carbons (Fsp3) is 0.0952. The first-order valence-electron chi connectivity index (χ1n) is 7.71. The number of nitrogens with zero attached hydrogens (tertiary/aromatic N) is 2. The van der Waals surface area contributed by atoms with E-state index >= 15 is 0 Å². The maximum Gasteiger partial charge on any atom is -0.0630 e. The predicted octanol–water partition coefficient (Wildman–Crippen LogP) is 5.25. The maximum atomic E-state index is 4.64. The van der Waals surface area contributed by atoms with Crippen LogP contribution in [0.15, 0.2) is 66.9 Å². The largest absolute Gasteiger partial charge is 0.344 e. The molecular formula is C21H21ClFeN3. The number of fused-ring (bicyclic) bond motifs is 3. The molecular weight excluding hydrogens is 386 g/mol. The van der Waals surface area contributed by atoms with Crippen LogP contribution < -0.4 is 6.15 Å². The van der Waals surface area contributed by atoms with E-state index in [9.17, 15) is 0 Å². The molecule has 3 nitrogen and oxygen atoms in total. The van der Waals surface area contributed by atoms with E-state index in [1.54, 1.807) is 6.20 Å². The van der Waals surface area contributed by atoms with Gasteiger partial charge in [-0.15, -0.1) is 12.4 Å². The molecule has 0 saturated carbocycles. The number of rotatable bonds is 1. The number of halogens is 1. The van der Waals surface area contributed by atoms with Gasteiger partial charge in [0, 0.05) is 0 Å². The van der Waals surface area contributed by atoms with E-state index in [1.165, 1.54) is 5.56 Å². The van der Waals surface area contributed by atoms with E-state index in [4.69, 9.17) is 0 Å². The van der Waals surface area contributed by atoms with Crippen LogP contribution in [0.25, 0.3) is 21.8 Å². The van der Waals surface area contributed by atoms with Crippen molar-refractivity contribution in [3.05, 3.63) is 84.2 Å². The van der Waals surface area contributed by atoms with Crippen molar-refractivity contribution in [2.45, 2.75) is 13.8 Å². The SMILES string of the molecule is C[C](=[Fe+])c1ccc2ccc3cccnc3c2n1.Cc1[c-]cccc1.Cl.N. The van der Waals surface area contributed by atoms with Crippen molar-refractivity contribution in [1.29, 1.82) is 0 Å². The van der Waals surface area contributed by atoms with Crippen LogP contribution in [0, 0.1) is 13.0 Å². The number of aryl methyl sites for hydroxylation is 1. The monoisotopic (exact) mass is 406 g/mol. The molecule has 5 heteroatoms. The van der Waals surface area contributed by atoms with E-state index < -0.39 is 0 Å². The molecule has 0 aliphatic heterocycles. The first kappa shape index (κ1) is 21.9. The van der Waals surface area contributed by atoms with Crippen molar-refractivity contribution in [1.82, 2.24) is 16.1 Å². The van der Waals surface area contributed by atoms with E-state index in [0.29, 0.717) is 0 Å². The summed E-state index contributed by atoms with van der Waals surface area (Å²) in [6.07, 6.45) is 1.80. The van der Waals surface area contributed by atoms with Gasteiger partial charge in [-0.25, -0.2) is 0 Å². The number of hydrogen-bond donors (Lipinski definition) is 1. The van der Waals surface area contributed by atoms with Crippen molar-refractivity contribution < 1.29 is 15.6 Å². The van der Waals surface area contributed by atoms with Crippen LogP contribution in [-0.4, -0.2) is 14.4 Å². The number of aromatic nitrogens is 2. The third-order valence-electron chi connectivity index (χ3n) is 3.64. The topological polar surface area (TPSA) is 60.8 Å². The molecule has 0 bridgehead atoms. The van der Waals surface area contributed by atoms with E-state index in [1.807, 2.05) is 50.2 Å². The predicted molar refractivity (Wildman–Crippen MR) is 109 cm³/mol. The van der Waals surface area contributed by atoms with Gasteiger partial charge in [-0.1, -0.05) is 6.92 Å². The first-order valence-corrected chi connectivity index (χ1v) is 8.26. The molecule has 26 heavy (non-hydrogen) atoms. The quantitative estimate of drug-likeness (QED) is 0.267. The van der Waals surface area contributed by atoms with Crippen LogP contribution in [0.1, 0.15) is 18.2 Å². The summed E-state index contributed by atoms with van der Waals surface area (Å²) in [6.45, 7) is 3.99. The molecule has 3 N–H and O–H groups in total. The van der Waals surface area contributed by atoms with Crippen LogP contribution in [0.3, 0.4) is 0 Å². The molecule has 0 amide bonds. The number of pyridine rings is 2. The Labute approximate surface area is 168 Å². The molecule has 0 radical (unpaired) electrons. The molecule has 2 aromatic carbocycles. The Morgan fingerprint density at radius 3 is 2.19 bits per heavy atom. The van der Waals surface area contributed by atoms with Crippen molar-refractivity contribution in [3.8, 4) is 0 Å². The standard InChI is InChI=1S/C14H10N2.C7H7.ClH.Fe.H3N/c1-2-12-8-7-11-6-5-10-4-3-9-15-13(10)14(11)16-12;1-7-5-3-2-4-6-7;;;/h3-9H,1H3;2-5H,1H3;1H;;1H3/q;-1;;+1;. The minimum Gasteiger partial charge on any atom is -0.344 e. The molecule has 0 unspecified atom stereocenters. The Morgan fingerprint density at radius 2 is 1.62 bits per heavy atom. The zero-order valence-electron chi connectivity index (χ0n) is 14.7. The minimum atomic E-state index is 0. The van der Waals surface area contributed by atoms with Gasteiger partial charge in [0.05, 0.1) is 0 Å². The van der Waals surface area contributed by atoms with Crippen LogP contribution >= 0.6 is 12.4 Å². The molecule has 0 aliphatic rings. The normalized spacial score (nSPS) is 9.46. The molecule has 0 aliphatic carbocycles. The minimum absolute atomic E-state index is 0. The fourth-order valence-corrected chi connectivity index (χ4v) is 2.55. The summed E-state index contributed by atoms with van der Waals surface area (Å²) in [5.41, 5.74) is 4.02. The van der Waals surface area contributed by atoms with E-state index in [-0.39, 0.29) is 18.6 Å². The molecule has 0 fully saturated rings. The van der Waals surface area contributed by atoms with Gasteiger partial charge in [-0.3, -0.25) is 0 Å². The van der Waals surface area contributed by atoms with Crippen molar-refractivity contribution in [2.75, 3.05) is 0 Å². The van der Waals surface area contributed by atoms with Crippen molar-refractivity contribution in [3.63, 3.8) is 0 Å². The van der Waals surface area contributed by atoms with Crippen molar-refractivity contribution in [2.24, 2.45) is 0 Å². The number of benzene rings is 2. The average Bonchev–Trinajstić information content (AvgIpc) is 2.62. The first-order chi connectivity index (χ1) is 11.6. The Balaban J connectivity index is 0.000000322. The van der Waals surface area contributed by atoms with E-state index in [2.05, 4.69) is 55.9 Å². The molecule has 0 spiro atoms. The smallest absolute Gasteiger partial charge is 0.0630 e. The zero-order chi connectivity index (χ0) is 16.9. The second kappa shape index (κ2) is 10.1. The Bertz CT molecular complexity index is 1000.